The second-order valence-corrected chi connectivity index (χ2v) is 7.40. The van der Waals surface area contributed by atoms with Crippen LogP contribution in [0.2, 0.25) is 5.02 Å². The third-order valence-electron chi connectivity index (χ3n) is 5.05. The predicted molar refractivity (Wildman–Crippen MR) is 112 cm³/mol. The van der Waals surface area contributed by atoms with Crippen molar-refractivity contribution in [2.24, 2.45) is 0 Å². The molecule has 29 heavy (non-hydrogen) atoms. The lowest BCUT2D eigenvalue weighted by Crippen LogP contribution is -2.49. The van der Waals surface area contributed by atoms with Gasteiger partial charge >= 0.3 is 0 Å². The van der Waals surface area contributed by atoms with Gasteiger partial charge < -0.3 is 9.80 Å². The van der Waals surface area contributed by atoms with Crippen molar-refractivity contribution < 1.29 is 9.18 Å². The van der Waals surface area contributed by atoms with Crippen molar-refractivity contribution in [3.05, 3.63) is 76.8 Å². The smallest absolute Gasteiger partial charge is 0.257 e. The second-order valence-electron chi connectivity index (χ2n) is 6.96. The molecule has 0 bridgehead atoms. The second kappa shape index (κ2) is 8.17. The summed E-state index contributed by atoms with van der Waals surface area (Å²) in [6, 6.07) is 13.7. The lowest BCUT2D eigenvalue weighted by atomic mass is 10.1. The largest absolute Gasteiger partial charge is 0.368 e. The maximum Gasteiger partial charge on any atom is 0.257 e. The summed E-state index contributed by atoms with van der Waals surface area (Å²) in [5, 5.41) is 0.704. The Hall–Kier alpha value is -2.99. The zero-order valence-electron chi connectivity index (χ0n) is 16.0. The van der Waals surface area contributed by atoms with Crippen molar-refractivity contribution in [3.8, 4) is 11.4 Å². The molecule has 0 unspecified atom stereocenters. The van der Waals surface area contributed by atoms with Gasteiger partial charge in [-0.25, -0.2) is 14.4 Å². The fourth-order valence-electron chi connectivity index (χ4n) is 3.43. The minimum Gasteiger partial charge on any atom is -0.368 e. The maximum absolute atomic E-state index is 13.1. The zero-order valence-corrected chi connectivity index (χ0v) is 16.7. The first kappa shape index (κ1) is 19.3. The summed E-state index contributed by atoms with van der Waals surface area (Å²) in [5.41, 5.74) is 2.88. The van der Waals surface area contributed by atoms with Crippen molar-refractivity contribution in [1.82, 2.24) is 14.9 Å². The van der Waals surface area contributed by atoms with Gasteiger partial charge in [0.2, 0.25) is 0 Å². The highest BCUT2D eigenvalue weighted by atomic mass is 35.5. The Morgan fingerprint density at radius 3 is 2.45 bits per heavy atom. The summed E-state index contributed by atoms with van der Waals surface area (Å²) in [7, 11) is 0. The number of rotatable bonds is 3. The van der Waals surface area contributed by atoms with E-state index in [4.69, 9.17) is 11.6 Å². The third-order valence-corrected chi connectivity index (χ3v) is 5.29. The maximum atomic E-state index is 13.1. The van der Waals surface area contributed by atoms with Crippen LogP contribution < -0.4 is 4.90 Å². The summed E-state index contributed by atoms with van der Waals surface area (Å²) in [6.07, 6.45) is 1.56. The number of nitrogens with zero attached hydrogens (tertiary/aromatic N) is 4. The molecule has 0 atom stereocenters. The lowest BCUT2D eigenvalue weighted by Gasteiger charge is -2.36. The Morgan fingerprint density at radius 2 is 1.79 bits per heavy atom. The van der Waals surface area contributed by atoms with Crippen LogP contribution in [0.25, 0.3) is 11.4 Å². The van der Waals surface area contributed by atoms with Gasteiger partial charge in [0.25, 0.3) is 5.91 Å². The zero-order chi connectivity index (χ0) is 20.4. The molecule has 2 heterocycles. The average molecular weight is 411 g/mol. The van der Waals surface area contributed by atoms with Gasteiger partial charge in [-0.15, -0.1) is 0 Å². The molecule has 1 fully saturated rings. The van der Waals surface area contributed by atoms with E-state index in [1.54, 1.807) is 25.3 Å². The molecule has 2 aromatic carbocycles. The van der Waals surface area contributed by atoms with Crippen molar-refractivity contribution in [1.29, 1.82) is 0 Å². The van der Waals surface area contributed by atoms with Crippen molar-refractivity contribution >= 4 is 23.2 Å². The molecule has 0 saturated carbocycles. The molecule has 0 N–H and O–H groups in total. The topological polar surface area (TPSA) is 49.3 Å². The number of aryl methyl sites for hydroxylation is 1. The summed E-state index contributed by atoms with van der Waals surface area (Å²) in [5.74, 6) is 0.0953. The predicted octanol–water partition coefficient (Wildman–Crippen LogP) is 4.21. The van der Waals surface area contributed by atoms with E-state index in [1.165, 1.54) is 12.1 Å². The number of benzene rings is 2. The number of aromatic nitrogens is 2. The molecule has 1 saturated heterocycles. The van der Waals surface area contributed by atoms with E-state index in [2.05, 4.69) is 14.9 Å². The standard InChI is InChI=1S/C22H20ClFN4O/c1-15-20(14-25-21(26-15)16-5-7-18(24)8-6-16)22(29)28-11-9-27(10-12-28)19-4-2-3-17(23)13-19/h2-8,13-14H,9-12H2,1H3. The summed E-state index contributed by atoms with van der Waals surface area (Å²) in [6.45, 7) is 4.50. The number of halogens is 2. The van der Waals surface area contributed by atoms with Crippen LogP contribution in [0.3, 0.4) is 0 Å². The van der Waals surface area contributed by atoms with Gasteiger partial charge in [-0.05, 0) is 49.4 Å². The molecule has 3 aromatic rings. The first-order chi connectivity index (χ1) is 14.0. The van der Waals surface area contributed by atoms with E-state index in [0.717, 1.165) is 18.8 Å². The van der Waals surface area contributed by atoms with E-state index in [1.807, 2.05) is 29.2 Å². The first-order valence-electron chi connectivity index (χ1n) is 9.40. The summed E-state index contributed by atoms with van der Waals surface area (Å²) >= 11 is 6.08. The Bertz CT molecular complexity index is 1030. The number of anilines is 1. The van der Waals surface area contributed by atoms with Crippen LogP contribution >= 0.6 is 11.6 Å². The number of hydrogen-bond acceptors (Lipinski definition) is 4. The quantitative estimate of drug-likeness (QED) is 0.649. The van der Waals surface area contributed by atoms with Crippen molar-refractivity contribution in [2.75, 3.05) is 31.1 Å². The highest BCUT2D eigenvalue weighted by Gasteiger charge is 2.24. The highest BCUT2D eigenvalue weighted by molar-refractivity contribution is 6.30. The molecule has 5 nitrogen and oxygen atoms in total. The molecule has 1 aliphatic rings. The first-order valence-corrected chi connectivity index (χ1v) is 9.78. The molecular weight excluding hydrogens is 391 g/mol. The third kappa shape index (κ3) is 4.22. The van der Waals surface area contributed by atoms with Crippen LogP contribution in [0.4, 0.5) is 10.1 Å². The molecule has 1 aliphatic heterocycles. The normalized spacial score (nSPS) is 14.2. The van der Waals surface area contributed by atoms with Crippen LogP contribution in [0.1, 0.15) is 16.1 Å². The molecule has 1 amide bonds. The molecular formula is C22H20ClFN4O. The Morgan fingerprint density at radius 1 is 1.07 bits per heavy atom. The fraction of sp³-hybridized carbons (Fsp3) is 0.227. The Balaban J connectivity index is 1.45. The summed E-state index contributed by atoms with van der Waals surface area (Å²) in [4.78, 5) is 25.8. The van der Waals surface area contributed by atoms with E-state index < -0.39 is 0 Å². The summed E-state index contributed by atoms with van der Waals surface area (Å²) < 4.78 is 13.1. The van der Waals surface area contributed by atoms with Crippen LogP contribution in [-0.2, 0) is 0 Å². The van der Waals surface area contributed by atoms with E-state index in [-0.39, 0.29) is 11.7 Å². The van der Waals surface area contributed by atoms with E-state index in [0.29, 0.717) is 40.8 Å². The molecule has 1 aromatic heterocycles. The highest BCUT2D eigenvalue weighted by Crippen LogP contribution is 2.22. The molecule has 4 rings (SSSR count). The van der Waals surface area contributed by atoms with Gasteiger partial charge in [0.05, 0.1) is 11.3 Å². The van der Waals surface area contributed by atoms with Crippen LogP contribution in [0.5, 0.6) is 0 Å². The minimum atomic E-state index is -0.311. The Labute approximate surface area is 173 Å². The molecule has 148 valence electrons. The molecule has 0 aliphatic carbocycles. The number of carbonyl (C=O) groups excluding carboxylic acids is 1. The number of carbonyl (C=O) groups is 1. The van der Waals surface area contributed by atoms with E-state index in [9.17, 15) is 9.18 Å². The van der Waals surface area contributed by atoms with Gasteiger partial charge in [0, 0.05) is 48.6 Å². The monoisotopic (exact) mass is 410 g/mol. The fourth-order valence-corrected chi connectivity index (χ4v) is 3.61. The number of piperazine rings is 1. The van der Waals surface area contributed by atoms with Crippen molar-refractivity contribution in [3.63, 3.8) is 0 Å². The average Bonchev–Trinajstić information content (AvgIpc) is 2.74. The van der Waals surface area contributed by atoms with E-state index >= 15 is 0 Å². The van der Waals surface area contributed by atoms with Gasteiger partial charge in [0.15, 0.2) is 5.82 Å². The van der Waals surface area contributed by atoms with Crippen LogP contribution in [0, 0.1) is 12.7 Å². The van der Waals surface area contributed by atoms with Gasteiger partial charge in [-0.1, -0.05) is 17.7 Å². The van der Waals surface area contributed by atoms with Gasteiger partial charge in [-0.2, -0.15) is 0 Å². The van der Waals surface area contributed by atoms with Crippen LogP contribution in [-0.4, -0.2) is 47.0 Å². The van der Waals surface area contributed by atoms with Gasteiger partial charge in [-0.3, -0.25) is 4.79 Å². The number of hydrogen-bond donors (Lipinski definition) is 0. The molecule has 0 radical (unpaired) electrons. The number of amides is 1. The Kier molecular flexibility index (Phi) is 5.45. The minimum absolute atomic E-state index is 0.0705. The van der Waals surface area contributed by atoms with Crippen LogP contribution in [0.15, 0.2) is 54.7 Å². The van der Waals surface area contributed by atoms with Crippen molar-refractivity contribution in [2.45, 2.75) is 6.92 Å². The SMILES string of the molecule is Cc1nc(-c2ccc(F)cc2)ncc1C(=O)N1CCN(c2cccc(Cl)c2)CC1. The lowest BCUT2D eigenvalue weighted by molar-refractivity contribution is 0.0745. The van der Waals surface area contributed by atoms with Gasteiger partial charge in [0.1, 0.15) is 5.82 Å². The molecule has 0 spiro atoms. The molecule has 7 heteroatoms.